The van der Waals surface area contributed by atoms with Gasteiger partial charge in [0.05, 0.1) is 6.21 Å². The zero-order valence-electron chi connectivity index (χ0n) is 12.1. The molecule has 4 heteroatoms. The fourth-order valence-electron chi connectivity index (χ4n) is 3.55. The van der Waals surface area contributed by atoms with Gasteiger partial charge in [0, 0.05) is 16.5 Å². The van der Waals surface area contributed by atoms with Crippen LogP contribution in [0.25, 0.3) is 0 Å². The molecular formula is C17H21ClN2O. The van der Waals surface area contributed by atoms with Crippen molar-refractivity contribution in [1.29, 1.82) is 0 Å². The summed E-state index contributed by atoms with van der Waals surface area (Å²) >= 11 is 6.05. The van der Waals surface area contributed by atoms with Gasteiger partial charge in [-0.2, -0.15) is 5.10 Å². The molecule has 2 aliphatic carbocycles. The highest BCUT2D eigenvalue weighted by Gasteiger charge is 2.53. The smallest absolute Gasteiger partial charge is 0.243 e. The number of fused-ring (bicyclic) bond motifs is 1. The Morgan fingerprint density at radius 3 is 2.48 bits per heavy atom. The zero-order valence-corrected chi connectivity index (χ0v) is 12.9. The molecule has 1 aromatic rings. The summed E-state index contributed by atoms with van der Waals surface area (Å²) in [5, 5.41) is 4.70. The van der Waals surface area contributed by atoms with Gasteiger partial charge in [-0.3, -0.25) is 4.79 Å². The highest BCUT2D eigenvalue weighted by Crippen LogP contribution is 2.53. The van der Waals surface area contributed by atoms with Crippen molar-refractivity contribution in [3.8, 4) is 0 Å². The summed E-state index contributed by atoms with van der Waals surface area (Å²) in [5.41, 5.74) is 3.51. The summed E-state index contributed by atoms with van der Waals surface area (Å²) in [5.74, 6) is 1.46. The Labute approximate surface area is 130 Å². The van der Waals surface area contributed by atoms with Gasteiger partial charge in [0.2, 0.25) is 5.91 Å². The number of carbonyl (C=O) groups excluding carboxylic acids is 1. The summed E-state index contributed by atoms with van der Waals surface area (Å²) in [6, 6.07) is 7.47. The molecule has 0 aromatic heterocycles. The van der Waals surface area contributed by atoms with Crippen LogP contribution in [-0.4, -0.2) is 12.1 Å². The second-order valence-electron chi connectivity index (χ2n) is 6.10. The van der Waals surface area contributed by atoms with Crippen molar-refractivity contribution in [1.82, 2.24) is 5.43 Å². The third-order valence-electron chi connectivity index (χ3n) is 4.74. The SMILES string of the molecule is O=C(NN=Cc1ccccc1Cl)C1C2CCCCCCC21. The maximum Gasteiger partial charge on any atom is 0.243 e. The second-order valence-corrected chi connectivity index (χ2v) is 6.51. The fraction of sp³-hybridized carbons (Fsp3) is 0.529. The van der Waals surface area contributed by atoms with Crippen LogP contribution in [0.1, 0.15) is 44.1 Å². The summed E-state index contributed by atoms with van der Waals surface area (Å²) in [6.07, 6.45) is 9.21. The van der Waals surface area contributed by atoms with E-state index in [9.17, 15) is 4.79 Å². The van der Waals surface area contributed by atoms with Crippen molar-refractivity contribution in [3.63, 3.8) is 0 Å². The lowest BCUT2D eigenvalue weighted by atomic mass is 10.0. The van der Waals surface area contributed by atoms with E-state index in [1.54, 1.807) is 6.21 Å². The van der Waals surface area contributed by atoms with Crippen LogP contribution in [0.3, 0.4) is 0 Å². The van der Waals surface area contributed by atoms with Gasteiger partial charge in [-0.05, 0) is 30.7 Å². The predicted octanol–water partition coefficient (Wildman–Crippen LogP) is 4.01. The van der Waals surface area contributed by atoms with Gasteiger partial charge in [-0.1, -0.05) is 55.5 Å². The molecule has 2 fully saturated rings. The first-order chi connectivity index (χ1) is 10.3. The Bertz CT molecular complexity index is 529. The molecule has 0 bridgehead atoms. The van der Waals surface area contributed by atoms with Crippen molar-refractivity contribution >= 4 is 23.7 Å². The molecule has 21 heavy (non-hydrogen) atoms. The average molecular weight is 305 g/mol. The van der Waals surface area contributed by atoms with Crippen LogP contribution < -0.4 is 5.43 Å². The first-order valence-corrected chi connectivity index (χ1v) is 8.22. The molecule has 112 valence electrons. The molecule has 2 saturated carbocycles. The largest absolute Gasteiger partial charge is 0.273 e. The van der Waals surface area contributed by atoms with Crippen molar-refractivity contribution in [2.45, 2.75) is 38.5 Å². The van der Waals surface area contributed by atoms with E-state index in [-0.39, 0.29) is 11.8 Å². The number of hydrogen-bond donors (Lipinski definition) is 1. The summed E-state index contributed by atoms with van der Waals surface area (Å²) in [7, 11) is 0. The topological polar surface area (TPSA) is 41.5 Å². The molecule has 2 unspecified atom stereocenters. The first-order valence-electron chi connectivity index (χ1n) is 7.85. The van der Waals surface area contributed by atoms with Gasteiger partial charge >= 0.3 is 0 Å². The maximum atomic E-state index is 12.2. The fourth-order valence-corrected chi connectivity index (χ4v) is 3.74. The molecule has 3 nitrogen and oxygen atoms in total. The molecule has 0 spiro atoms. The van der Waals surface area contributed by atoms with E-state index in [0.29, 0.717) is 16.9 Å². The number of halogens is 1. The van der Waals surface area contributed by atoms with Crippen molar-refractivity contribution in [2.24, 2.45) is 22.9 Å². The van der Waals surface area contributed by atoms with Gasteiger partial charge in [0.25, 0.3) is 0 Å². The minimum Gasteiger partial charge on any atom is -0.273 e. The van der Waals surface area contributed by atoms with Crippen LogP contribution in [0.4, 0.5) is 0 Å². The van der Waals surface area contributed by atoms with Crippen LogP contribution in [-0.2, 0) is 4.79 Å². The number of hydrazone groups is 1. The van der Waals surface area contributed by atoms with Crippen LogP contribution in [0.2, 0.25) is 5.02 Å². The lowest BCUT2D eigenvalue weighted by Crippen LogP contribution is -2.21. The Hall–Kier alpha value is -1.35. The molecule has 1 amide bonds. The number of benzene rings is 1. The lowest BCUT2D eigenvalue weighted by molar-refractivity contribution is -0.122. The van der Waals surface area contributed by atoms with Gasteiger partial charge in [0.1, 0.15) is 0 Å². The molecule has 2 atom stereocenters. The third kappa shape index (κ3) is 3.46. The van der Waals surface area contributed by atoms with E-state index >= 15 is 0 Å². The first kappa shape index (κ1) is 14.6. The molecular weight excluding hydrogens is 284 g/mol. The molecule has 3 rings (SSSR count). The number of hydrogen-bond acceptors (Lipinski definition) is 2. The Morgan fingerprint density at radius 1 is 1.14 bits per heavy atom. The molecule has 0 aliphatic heterocycles. The third-order valence-corrected chi connectivity index (χ3v) is 5.09. The number of rotatable bonds is 3. The normalized spacial score (nSPS) is 28.5. The Morgan fingerprint density at radius 2 is 1.81 bits per heavy atom. The van der Waals surface area contributed by atoms with Gasteiger partial charge in [-0.15, -0.1) is 0 Å². The minimum atomic E-state index is 0.0789. The molecule has 2 aliphatic rings. The molecule has 1 N–H and O–H groups in total. The lowest BCUT2D eigenvalue weighted by Gasteiger charge is -2.04. The number of nitrogens with one attached hydrogen (secondary N) is 1. The average Bonchev–Trinajstić information content (AvgIpc) is 3.12. The van der Waals surface area contributed by atoms with Gasteiger partial charge < -0.3 is 0 Å². The van der Waals surface area contributed by atoms with E-state index in [1.165, 1.54) is 38.5 Å². The minimum absolute atomic E-state index is 0.0789. The number of amides is 1. The monoisotopic (exact) mass is 304 g/mol. The van der Waals surface area contributed by atoms with E-state index in [0.717, 1.165) is 5.56 Å². The summed E-state index contributed by atoms with van der Waals surface area (Å²) < 4.78 is 0. The summed E-state index contributed by atoms with van der Waals surface area (Å²) in [6.45, 7) is 0. The van der Waals surface area contributed by atoms with Gasteiger partial charge in [0.15, 0.2) is 0 Å². The molecule has 0 heterocycles. The van der Waals surface area contributed by atoms with Gasteiger partial charge in [-0.25, -0.2) is 5.43 Å². The highest BCUT2D eigenvalue weighted by molar-refractivity contribution is 6.33. The van der Waals surface area contributed by atoms with E-state index in [1.807, 2.05) is 24.3 Å². The Balaban J connectivity index is 1.54. The van der Waals surface area contributed by atoms with E-state index in [2.05, 4.69) is 10.5 Å². The zero-order chi connectivity index (χ0) is 14.7. The van der Waals surface area contributed by atoms with Crippen molar-refractivity contribution in [2.75, 3.05) is 0 Å². The van der Waals surface area contributed by atoms with Crippen LogP contribution in [0, 0.1) is 17.8 Å². The van der Waals surface area contributed by atoms with Crippen molar-refractivity contribution < 1.29 is 4.79 Å². The van der Waals surface area contributed by atoms with Crippen LogP contribution in [0.5, 0.6) is 0 Å². The van der Waals surface area contributed by atoms with Crippen LogP contribution >= 0.6 is 11.6 Å². The maximum absolute atomic E-state index is 12.2. The second kappa shape index (κ2) is 6.61. The number of nitrogens with zero attached hydrogens (tertiary/aromatic N) is 1. The molecule has 0 radical (unpaired) electrons. The van der Waals surface area contributed by atoms with E-state index < -0.39 is 0 Å². The van der Waals surface area contributed by atoms with Crippen molar-refractivity contribution in [3.05, 3.63) is 34.9 Å². The predicted molar refractivity (Wildman–Crippen MR) is 85.4 cm³/mol. The van der Waals surface area contributed by atoms with E-state index in [4.69, 9.17) is 11.6 Å². The quantitative estimate of drug-likeness (QED) is 0.665. The summed E-state index contributed by atoms with van der Waals surface area (Å²) in [4.78, 5) is 12.2. The highest BCUT2D eigenvalue weighted by atomic mass is 35.5. The standard InChI is InChI=1S/C17H21ClN2O/c18-15-10-6-5-7-12(15)11-19-20-17(21)16-13-8-3-1-2-4-9-14(13)16/h5-7,10-11,13-14,16H,1-4,8-9H2,(H,20,21). The Kier molecular flexibility index (Phi) is 4.59. The number of carbonyl (C=O) groups is 1. The molecule has 1 aromatic carbocycles. The van der Waals surface area contributed by atoms with Crippen LogP contribution in [0.15, 0.2) is 29.4 Å². The molecule has 0 saturated heterocycles.